The minimum Gasteiger partial charge on any atom is -0.369 e. The molecule has 7 nitrogen and oxygen atoms in total. The van der Waals surface area contributed by atoms with E-state index in [4.69, 9.17) is 22.5 Å². The molecule has 0 fully saturated rings. The van der Waals surface area contributed by atoms with Gasteiger partial charge in [0.15, 0.2) is 0 Å². The number of halogens is 1. The Hall–Kier alpha value is -2.68. The summed E-state index contributed by atoms with van der Waals surface area (Å²) in [4.78, 5) is 11.2. The van der Waals surface area contributed by atoms with Crippen LogP contribution in [0.4, 0.5) is 0 Å². The maximum Gasteiger partial charge on any atom is 0.238 e. The fourth-order valence-electron chi connectivity index (χ4n) is 2.50. The SMILES string of the molecule is NC(=O)Cc1cc(-c2ccc(Cl)cc2)n(-c2ccc(S(N)(=O)=O)cc2)n1. The molecule has 0 bridgehead atoms. The lowest BCUT2D eigenvalue weighted by atomic mass is 10.1. The lowest BCUT2D eigenvalue weighted by Crippen LogP contribution is -2.14. The van der Waals surface area contributed by atoms with Gasteiger partial charge in [-0.05, 0) is 42.5 Å². The monoisotopic (exact) mass is 390 g/mol. The zero-order chi connectivity index (χ0) is 18.9. The van der Waals surface area contributed by atoms with Gasteiger partial charge in [0.1, 0.15) is 0 Å². The second kappa shape index (κ2) is 6.91. The standard InChI is InChI=1S/C17H15ClN4O3S/c18-12-3-1-11(2-4-12)16-9-13(10-17(19)23)21-22(16)14-5-7-15(8-6-14)26(20,24)25/h1-9H,10H2,(H2,19,23)(H2,20,24,25). The molecule has 0 aliphatic rings. The second-order valence-electron chi connectivity index (χ2n) is 5.62. The average Bonchev–Trinajstić information content (AvgIpc) is 2.98. The molecule has 4 N–H and O–H groups in total. The first kappa shape index (κ1) is 18.1. The van der Waals surface area contributed by atoms with Crippen LogP contribution >= 0.6 is 11.6 Å². The van der Waals surface area contributed by atoms with Crippen LogP contribution in [0.15, 0.2) is 59.5 Å². The summed E-state index contributed by atoms with van der Waals surface area (Å²) in [6.45, 7) is 0. The molecule has 0 saturated heterocycles. The number of primary sulfonamides is 1. The van der Waals surface area contributed by atoms with Gasteiger partial charge < -0.3 is 5.73 Å². The van der Waals surface area contributed by atoms with E-state index in [0.29, 0.717) is 22.1 Å². The Morgan fingerprint density at radius 3 is 2.23 bits per heavy atom. The number of amides is 1. The number of hydrogen-bond acceptors (Lipinski definition) is 4. The van der Waals surface area contributed by atoms with Crippen LogP contribution in [0.25, 0.3) is 16.9 Å². The maximum absolute atomic E-state index is 11.4. The minimum absolute atomic E-state index is 0.00110. The summed E-state index contributed by atoms with van der Waals surface area (Å²) in [6, 6.07) is 14.8. The topological polar surface area (TPSA) is 121 Å². The third-order valence-corrected chi connectivity index (χ3v) is 4.85. The number of carbonyl (C=O) groups excluding carboxylic acids is 1. The van der Waals surface area contributed by atoms with Gasteiger partial charge >= 0.3 is 0 Å². The fourth-order valence-corrected chi connectivity index (χ4v) is 3.14. The Bertz CT molecular complexity index is 1060. The van der Waals surface area contributed by atoms with Crippen molar-refractivity contribution in [3.63, 3.8) is 0 Å². The molecule has 1 aromatic heterocycles. The van der Waals surface area contributed by atoms with Crippen LogP contribution < -0.4 is 10.9 Å². The van der Waals surface area contributed by atoms with Gasteiger partial charge in [0, 0.05) is 10.6 Å². The molecule has 0 radical (unpaired) electrons. The summed E-state index contributed by atoms with van der Waals surface area (Å²) in [5.74, 6) is -0.498. The van der Waals surface area contributed by atoms with Crippen molar-refractivity contribution in [1.29, 1.82) is 0 Å². The van der Waals surface area contributed by atoms with Crippen molar-refractivity contribution in [3.8, 4) is 16.9 Å². The van der Waals surface area contributed by atoms with Crippen LogP contribution in [0.5, 0.6) is 0 Å². The number of rotatable bonds is 5. The zero-order valence-electron chi connectivity index (χ0n) is 13.5. The summed E-state index contributed by atoms with van der Waals surface area (Å²) in [6.07, 6.45) is -0.0111. The second-order valence-corrected chi connectivity index (χ2v) is 7.62. The van der Waals surface area contributed by atoms with E-state index < -0.39 is 15.9 Å². The molecular formula is C17H15ClN4O3S. The summed E-state index contributed by atoms with van der Waals surface area (Å²) in [5, 5.41) is 10.1. The Balaban J connectivity index is 2.11. The van der Waals surface area contributed by atoms with Gasteiger partial charge in [-0.15, -0.1) is 0 Å². The first-order chi connectivity index (χ1) is 12.2. The van der Waals surface area contributed by atoms with Crippen LogP contribution in [-0.2, 0) is 21.2 Å². The molecule has 0 spiro atoms. The minimum atomic E-state index is -3.79. The summed E-state index contributed by atoms with van der Waals surface area (Å²) in [5.41, 5.74) is 7.91. The molecule has 26 heavy (non-hydrogen) atoms. The molecule has 9 heteroatoms. The Labute approximate surface area is 155 Å². The predicted octanol–water partition coefficient (Wildman–Crippen LogP) is 1.87. The van der Waals surface area contributed by atoms with Crippen LogP contribution in [0.3, 0.4) is 0 Å². The van der Waals surface area contributed by atoms with Crippen molar-refractivity contribution in [3.05, 3.63) is 65.3 Å². The molecule has 0 atom stereocenters. The van der Waals surface area contributed by atoms with Gasteiger partial charge in [-0.2, -0.15) is 5.10 Å². The highest BCUT2D eigenvalue weighted by molar-refractivity contribution is 7.89. The summed E-state index contributed by atoms with van der Waals surface area (Å²) in [7, 11) is -3.79. The molecule has 2 aromatic carbocycles. The molecule has 134 valence electrons. The number of benzene rings is 2. The van der Waals surface area contributed by atoms with Gasteiger partial charge in [-0.25, -0.2) is 18.2 Å². The van der Waals surface area contributed by atoms with Crippen LogP contribution in [0.1, 0.15) is 5.69 Å². The van der Waals surface area contributed by atoms with Crippen molar-refractivity contribution in [2.24, 2.45) is 10.9 Å². The van der Waals surface area contributed by atoms with E-state index in [1.807, 2.05) is 12.1 Å². The Morgan fingerprint density at radius 2 is 1.69 bits per heavy atom. The molecular weight excluding hydrogens is 376 g/mol. The third-order valence-electron chi connectivity index (χ3n) is 3.67. The number of sulfonamides is 1. The van der Waals surface area contributed by atoms with Gasteiger partial charge in [0.05, 0.1) is 28.4 Å². The van der Waals surface area contributed by atoms with Crippen molar-refractivity contribution in [1.82, 2.24) is 9.78 Å². The number of carbonyl (C=O) groups is 1. The molecule has 1 amide bonds. The first-order valence-corrected chi connectivity index (χ1v) is 9.43. The van der Waals surface area contributed by atoms with Crippen molar-refractivity contribution >= 4 is 27.5 Å². The van der Waals surface area contributed by atoms with E-state index in [2.05, 4.69) is 5.10 Å². The van der Waals surface area contributed by atoms with Gasteiger partial charge in [-0.3, -0.25) is 4.79 Å². The van der Waals surface area contributed by atoms with Gasteiger partial charge in [0.2, 0.25) is 15.9 Å². The lowest BCUT2D eigenvalue weighted by molar-refractivity contribution is -0.117. The smallest absolute Gasteiger partial charge is 0.238 e. The largest absolute Gasteiger partial charge is 0.369 e. The summed E-state index contributed by atoms with van der Waals surface area (Å²) >= 11 is 5.94. The van der Waals surface area contributed by atoms with Crippen LogP contribution in [0.2, 0.25) is 5.02 Å². The molecule has 3 rings (SSSR count). The Morgan fingerprint density at radius 1 is 1.08 bits per heavy atom. The maximum atomic E-state index is 11.4. The number of aromatic nitrogens is 2. The van der Waals surface area contributed by atoms with Crippen LogP contribution in [0, 0.1) is 0 Å². The molecule has 0 aliphatic heterocycles. The average molecular weight is 391 g/mol. The highest BCUT2D eigenvalue weighted by Crippen LogP contribution is 2.26. The lowest BCUT2D eigenvalue weighted by Gasteiger charge is -2.08. The quantitative estimate of drug-likeness (QED) is 0.690. The zero-order valence-corrected chi connectivity index (χ0v) is 15.0. The van der Waals surface area contributed by atoms with E-state index in [-0.39, 0.29) is 11.3 Å². The van der Waals surface area contributed by atoms with Crippen LogP contribution in [-0.4, -0.2) is 24.1 Å². The van der Waals surface area contributed by atoms with E-state index in [1.54, 1.807) is 35.0 Å². The number of nitrogens with two attached hydrogens (primary N) is 2. The molecule has 1 heterocycles. The predicted molar refractivity (Wildman–Crippen MR) is 98.3 cm³/mol. The number of primary amides is 1. The highest BCUT2D eigenvalue weighted by Gasteiger charge is 2.14. The van der Waals surface area contributed by atoms with Crippen molar-refractivity contribution < 1.29 is 13.2 Å². The van der Waals surface area contributed by atoms with Crippen molar-refractivity contribution in [2.45, 2.75) is 11.3 Å². The normalized spacial score (nSPS) is 11.5. The van der Waals surface area contributed by atoms with Crippen molar-refractivity contribution in [2.75, 3.05) is 0 Å². The molecule has 3 aromatic rings. The first-order valence-electron chi connectivity index (χ1n) is 7.50. The van der Waals surface area contributed by atoms with E-state index in [9.17, 15) is 13.2 Å². The van der Waals surface area contributed by atoms with E-state index in [0.717, 1.165) is 5.56 Å². The number of nitrogens with zero attached hydrogens (tertiary/aromatic N) is 2. The Kier molecular flexibility index (Phi) is 4.82. The van der Waals surface area contributed by atoms with E-state index >= 15 is 0 Å². The molecule has 0 saturated carbocycles. The molecule has 0 unspecified atom stereocenters. The molecule has 0 aliphatic carbocycles. The third kappa shape index (κ3) is 3.93. The van der Waals surface area contributed by atoms with Gasteiger partial charge in [-0.1, -0.05) is 23.7 Å². The van der Waals surface area contributed by atoms with Gasteiger partial charge in [0.25, 0.3) is 0 Å². The highest BCUT2D eigenvalue weighted by atomic mass is 35.5. The van der Waals surface area contributed by atoms with E-state index in [1.165, 1.54) is 12.1 Å². The fraction of sp³-hybridized carbons (Fsp3) is 0.0588. The number of hydrogen-bond donors (Lipinski definition) is 2. The summed E-state index contributed by atoms with van der Waals surface area (Å²) < 4.78 is 24.4.